The van der Waals surface area contributed by atoms with Crippen molar-refractivity contribution in [2.45, 2.75) is 50.9 Å². The number of aryl methyl sites for hydroxylation is 2. The van der Waals surface area contributed by atoms with Crippen molar-refractivity contribution in [1.29, 1.82) is 0 Å². The molecule has 0 aromatic heterocycles. The number of hydrogen-bond acceptors (Lipinski definition) is 4. The molecule has 3 aromatic carbocycles. The molecule has 0 heterocycles. The fourth-order valence-corrected chi connectivity index (χ4v) is 5.59. The third-order valence-corrected chi connectivity index (χ3v) is 7.77. The van der Waals surface area contributed by atoms with Gasteiger partial charge in [-0.3, -0.25) is 9.59 Å². The first-order chi connectivity index (χ1) is 17.5. The van der Waals surface area contributed by atoms with Crippen LogP contribution in [0.2, 0.25) is 0 Å². The molecule has 2 unspecified atom stereocenters. The number of carbonyl (C=O) groups excluding carboxylic acids is 2. The normalized spacial score (nSPS) is 22.7. The van der Waals surface area contributed by atoms with E-state index in [1.165, 1.54) is 11.1 Å². The molecule has 0 spiro atoms. The van der Waals surface area contributed by atoms with Gasteiger partial charge in [-0.1, -0.05) is 72.8 Å². The Kier molecular flexibility index (Phi) is 7.16. The van der Waals surface area contributed by atoms with E-state index in [2.05, 4.69) is 22.8 Å². The van der Waals surface area contributed by atoms with Crippen LogP contribution in [0.25, 0.3) is 0 Å². The van der Waals surface area contributed by atoms with Crippen LogP contribution in [0.3, 0.4) is 0 Å². The Morgan fingerprint density at radius 1 is 0.639 bits per heavy atom. The van der Waals surface area contributed by atoms with E-state index in [0.29, 0.717) is 13.1 Å². The molecule has 6 N–H and O–H groups in total. The van der Waals surface area contributed by atoms with Crippen LogP contribution in [0.5, 0.6) is 0 Å². The molecule has 2 aliphatic rings. The van der Waals surface area contributed by atoms with Gasteiger partial charge in [-0.25, -0.2) is 0 Å². The largest absolute Gasteiger partial charge is 0.352 e. The van der Waals surface area contributed by atoms with Crippen LogP contribution < -0.4 is 22.1 Å². The highest BCUT2D eigenvalue weighted by Crippen LogP contribution is 2.33. The summed E-state index contributed by atoms with van der Waals surface area (Å²) in [6.45, 7) is 0.902. The van der Waals surface area contributed by atoms with Gasteiger partial charge < -0.3 is 22.1 Å². The van der Waals surface area contributed by atoms with Gasteiger partial charge in [-0.2, -0.15) is 0 Å². The van der Waals surface area contributed by atoms with Crippen LogP contribution in [-0.2, 0) is 35.5 Å². The van der Waals surface area contributed by atoms with Crippen LogP contribution in [0.1, 0.15) is 58.3 Å². The summed E-state index contributed by atoms with van der Waals surface area (Å²) in [6, 6.07) is 23.6. The van der Waals surface area contributed by atoms with E-state index in [9.17, 15) is 9.59 Å². The highest BCUT2D eigenvalue weighted by Gasteiger charge is 2.32. The molecular weight excluding hydrogens is 448 g/mol. The second-order valence-electron chi connectivity index (χ2n) is 9.99. The fourth-order valence-electron chi connectivity index (χ4n) is 5.59. The minimum Gasteiger partial charge on any atom is -0.352 e. The smallest absolute Gasteiger partial charge is 0.225 e. The maximum Gasteiger partial charge on any atom is 0.225 e. The number of nitrogens with two attached hydrogens (primary N) is 2. The molecule has 0 saturated carbocycles. The molecule has 6 heteroatoms. The lowest BCUT2D eigenvalue weighted by Crippen LogP contribution is -2.39. The zero-order valence-electron chi connectivity index (χ0n) is 20.5. The Hall–Kier alpha value is -3.48. The quantitative estimate of drug-likeness (QED) is 0.431. The summed E-state index contributed by atoms with van der Waals surface area (Å²) in [5.41, 5.74) is 19.5. The van der Waals surface area contributed by atoms with E-state index >= 15 is 0 Å². The first-order valence-corrected chi connectivity index (χ1v) is 12.8. The summed E-state index contributed by atoms with van der Waals surface area (Å²) in [7, 11) is 0. The Balaban J connectivity index is 1.11. The molecule has 0 bridgehead atoms. The van der Waals surface area contributed by atoms with Gasteiger partial charge in [0.15, 0.2) is 0 Å². The van der Waals surface area contributed by atoms with Gasteiger partial charge in [0.25, 0.3) is 0 Å². The van der Waals surface area contributed by atoms with Gasteiger partial charge in [0.05, 0.1) is 11.8 Å². The summed E-state index contributed by atoms with van der Waals surface area (Å²) in [4.78, 5) is 25.7. The molecule has 0 radical (unpaired) electrons. The van der Waals surface area contributed by atoms with Crippen LogP contribution >= 0.6 is 0 Å². The van der Waals surface area contributed by atoms with Crippen LogP contribution in [0.4, 0.5) is 0 Å². The Morgan fingerprint density at radius 2 is 1.03 bits per heavy atom. The van der Waals surface area contributed by atoms with Crippen molar-refractivity contribution in [1.82, 2.24) is 10.6 Å². The molecular formula is C30H34N4O2. The highest BCUT2D eigenvalue weighted by molar-refractivity contribution is 5.80. The molecule has 186 valence electrons. The average Bonchev–Trinajstić information content (AvgIpc) is 2.91. The predicted octanol–water partition coefficient (Wildman–Crippen LogP) is 3.44. The van der Waals surface area contributed by atoms with E-state index in [4.69, 9.17) is 11.5 Å². The van der Waals surface area contributed by atoms with Gasteiger partial charge in [0, 0.05) is 25.2 Å². The molecule has 6 nitrogen and oxygen atoms in total. The van der Waals surface area contributed by atoms with E-state index in [1.807, 2.05) is 60.7 Å². The average molecular weight is 483 g/mol. The highest BCUT2D eigenvalue weighted by atomic mass is 16.2. The van der Waals surface area contributed by atoms with Crippen LogP contribution in [-0.4, -0.2) is 11.8 Å². The zero-order chi connectivity index (χ0) is 25.1. The lowest BCUT2D eigenvalue weighted by molar-refractivity contribution is -0.127. The SMILES string of the molecule is NC1c2ccccc2CC[C@H]1C(=O)NCc1ccc(CNC(=O)[C@@H]2CCc3ccccc3C2N)cc1. The van der Waals surface area contributed by atoms with Crippen molar-refractivity contribution < 1.29 is 9.59 Å². The third-order valence-electron chi connectivity index (χ3n) is 7.77. The molecule has 2 amide bonds. The van der Waals surface area contributed by atoms with Crippen molar-refractivity contribution in [3.05, 3.63) is 106 Å². The number of amides is 2. The number of hydrogen-bond donors (Lipinski definition) is 4. The summed E-state index contributed by atoms with van der Waals surface area (Å²) in [5, 5.41) is 6.11. The van der Waals surface area contributed by atoms with Crippen molar-refractivity contribution in [3.63, 3.8) is 0 Å². The zero-order valence-corrected chi connectivity index (χ0v) is 20.5. The van der Waals surface area contributed by atoms with Crippen molar-refractivity contribution >= 4 is 11.8 Å². The monoisotopic (exact) mass is 482 g/mol. The lowest BCUT2D eigenvalue weighted by atomic mass is 9.79. The van der Waals surface area contributed by atoms with Crippen molar-refractivity contribution in [3.8, 4) is 0 Å². The van der Waals surface area contributed by atoms with E-state index < -0.39 is 0 Å². The van der Waals surface area contributed by atoms with E-state index in [-0.39, 0.29) is 35.7 Å². The van der Waals surface area contributed by atoms with Crippen molar-refractivity contribution in [2.75, 3.05) is 0 Å². The molecule has 36 heavy (non-hydrogen) atoms. The summed E-state index contributed by atoms with van der Waals surface area (Å²) >= 11 is 0. The molecule has 3 aromatic rings. The van der Waals surface area contributed by atoms with Crippen LogP contribution in [0, 0.1) is 11.8 Å². The first kappa shape index (κ1) is 24.2. The van der Waals surface area contributed by atoms with Gasteiger partial charge in [-0.15, -0.1) is 0 Å². The number of rotatable bonds is 6. The molecule has 4 atom stereocenters. The predicted molar refractivity (Wildman–Crippen MR) is 140 cm³/mol. The molecule has 0 fully saturated rings. The summed E-state index contributed by atoms with van der Waals surface area (Å²) in [6.07, 6.45) is 3.28. The topological polar surface area (TPSA) is 110 Å². The molecule has 5 rings (SSSR count). The molecule has 0 saturated heterocycles. The first-order valence-electron chi connectivity index (χ1n) is 12.8. The lowest BCUT2D eigenvalue weighted by Gasteiger charge is -2.30. The summed E-state index contributed by atoms with van der Waals surface area (Å²) in [5.74, 6) is -0.433. The Bertz CT molecular complexity index is 1140. The van der Waals surface area contributed by atoms with Gasteiger partial charge in [0.1, 0.15) is 0 Å². The fraction of sp³-hybridized carbons (Fsp3) is 0.333. The number of benzene rings is 3. The third kappa shape index (κ3) is 5.06. The molecule has 0 aliphatic heterocycles. The van der Waals surface area contributed by atoms with Crippen molar-refractivity contribution in [2.24, 2.45) is 23.3 Å². The molecule has 2 aliphatic carbocycles. The minimum atomic E-state index is -0.272. The second kappa shape index (κ2) is 10.6. The maximum atomic E-state index is 12.8. The van der Waals surface area contributed by atoms with Gasteiger partial charge >= 0.3 is 0 Å². The second-order valence-corrected chi connectivity index (χ2v) is 9.99. The van der Waals surface area contributed by atoms with Gasteiger partial charge in [-0.05, 0) is 59.1 Å². The maximum absolute atomic E-state index is 12.8. The summed E-state index contributed by atoms with van der Waals surface area (Å²) < 4.78 is 0. The number of carbonyl (C=O) groups is 2. The van der Waals surface area contributed by atoms with Gasteiger partial charge in [0.2, 0.25) is 11.8 Å². The van der Waals surface area contributed by atoms with E-state index in [1.54, 1.807) is 0 Å². The van der Waals surface area contributed by atoms with Crippen LogP contribution in [0.15, 0.2) is 72.8 Å². The minimum absolute atomic E-state index is 0.00117. The number of nitrogens with one attached hydrogen (secondary N) is 2. The Labute approximate surface area is 212 Å². The number of fused-ring (bicyclic) bond motifs is 2. The Morgan fingerprint density at radius 3 is 1.44 bits per heavy atom. The van der Waals surface area contributed by atoms with E-state index in [0.717, 1.165) is 47.9 Å². The standard InChI is InChI=1S/C30H34N4O2/c31-27-23-7-3-1-5-21(23)13-15-25(27)29(35)33-17-19-9-11-20(12-10-19)18-34-30(36)26-16-14-22-6-2-4-8-24(22)28(26)32/h1-12,25-28H,13-18,31-32H2,(H,33,35)(H,34,36)/t25-,26-,27?,28?/m1/s1.